The summed E-state index contributed by atoms with van der Waals surface area (Å²) in [6.07, 6.45) is 8.38. The number of hydrogen-bond acceptors (Lipinski definition) is 5. The van der Waals surface area contributed by atoms with Crippen LogP contribution in [0.4, 0.5) is 11.8 Å². The Morgan fingerprint density at radius 1 is 1.21 bits per heavy atom. The molecular formula is C14H19N5. The number of rotatable bonds is 2. The number of nitrogen functional groups attached to an aromatic ring is 1. The van der Waals surface area contributed by atoms with Gasteiger partial charge in [0.2, 0.25) is 5.95 Å². The third-order valence-electron chi connectivity index (χ3n) is 3.89. The lowest BCUT2D eigenvalue weighted by molar-refractivity contribution is 0.360. The van der Waals surface area contributed by atoms with Crippen LogP contribution in [0.3, 0.4) is 0 Å². The summed E-state index contributed by atoms with van der Waals surface area (Å²) >= 11 is 0. The predicted molar refractivity (Wildman–Crippen MR) is 76.8 cm³/mol. The number of anilines is 2. The van der Waals surface area contributed by atoms with Crippen molar-refractivity contribution in [3.8, 4) is 0 Å². The van der Waals surface area contributed by atoms with E-state index in [1.165, 1.54) is 25.7 Å². The Bertz CT molecular complexity index is 575. The molecule has 0 unspecified atom stereocenters. The van der Waals surface area contributed by atoms with Gasteiger partial charge in [0, 0.05) is 18.4 Å². The zero-order valence-electron chi connectivity index (χ0n) is 11.1. The van der Waals surface area contributed by atoms with Gasteiger partial charge in [-0.15, -0.1) is 0 Å². The second-order valence-electron chi connectivity index (χ2n) is 5.42. The van der Waals surface area contributed by atoms with Gasteiger partial charge in [0.1, 0.15) is 5.82 Å². The van der Waals surface area contributed by atoms with Crippen LogP contribution in [0.2, 0.25) is 0 Å². The van der Waals surface area contributed by atoms with Crippen molar-refractivity contribution >= 4 is 22.7 Å². The van der Waals surface area contributed by atoms with Crippen molar-refractivity contribution in [2.75, 3.05) is 11.1 Å². The van der Waals surface area contributed by atoms with Crippen LogP contribution < -0.4 is 11.1 Å². The van der Waals surface area contributed by atoms with Gasteiger partial charge in [0.15, 0.2) is 0 Å². The molecule has 0 amide bonds. The van der Waals surface area contributed by atoms with E-state index in [9.17, 15) is 0 Å². The number of nitrogens with one attached hydrogen (secondary N) is 1. The molecule has 0 radical (unpaired) electrons. The second-order valence-corrected chi connectivity index (χ2v) is 5.42. The smallest absolute Gasteiger partial charge is 0.223 e. The van der Waals surface area contributed by atoms with E-state index in [2.05, 4.69) is 27.2 Å². The van der Waals surface area contributed by atoms with Gasteiger partial charge in [0.05, 0.1) is 10.9 Å². The van der Waals surface area contributed by atoms with E-state index in [4.69, 9.17) is 5.73 Å². The highest BCUT2D eigenvalue weighted by Gasteiger charge is 2.18. The van der Waals surface area contributed by atoms with Crippen LogP contribution in [0.1, 0.15) is 32.6 Å². The molecule has 0 bridgehead atoms. The zero-order valence-corrected chi connectivity index (χ0v) is 11.1. The van der Waals surface area contributed by atoms with Crippen molar-refractivity contribution < 1.29 is 0 Å². The van der Waals surface area contributed by atoms with E-state index < -0.39 is 0 Å². The maximum atomic E-state index is 5.79. The molecule has 0 aromatic carbocycles. The molecule has 0 spiro atoms. The Morgan fingerprint density at radius 3 is 2.79 bits per heavy atom. The molecule has 19 heavy (non-hydrogen) atoms. The summed E-state index contributed by atoms with van der Waals surface area (Å²) in [5.74, 6) is 2.02. The quantitative estimate of drug-likeness (QED) is 0.864. The topological polar surface area (TPSA) is 76.7 Å². The van der Waals surface area contributed by atoms with Gasteiger partial charge in [-0.05, 0) is 37.7 Å². The SMILES string of the molecule is CC1CCC(Nc2ncc3c(N)nccc3n2)CC1. The normalized spacial score (nSPS) is 23.4. The van der Waals surface area contributed by atoms with E-state index in [1.807, 2.05) is 6.07 Å². The van der Waals surface area contributed by atoms with Crippen LogP contribution in [-0.2, 0) is 0 Å². The number of nitrogens with two attached hydrogens (primary N) is 1. The summed E-state index contributed by atoms with van der Waals surface area (Å²) in [4.78, 5) is 12.9. The van der Waals surface area contributed by atoms with E-state index in [0.717, 1.165) is 16.8 Å². The van der Waals surface area contributed by atoms with Crippen LogP contribution in [0.5, 0.6) is 0 Å². The third-order valence-corrected chi connectivity index (χ3v) is 3.89. The minimum absolute atomic E-state index is 0.482. The summed E-state index contributed by atoms with van der Waals surface area (Å²) in [6, 6.07) is 2.36. The molecule has 2 aromatic rings. The molecule has 0 saturated heterocycles. The van der Waals surface area contributed by atoms with Crippen LogP contribution in [0.15, 0.2) is 18.5 Å². The van der Waals surface area contributed by atoms with Crippen molar-refractivity contribution in [3.63, 3.8) is 0 Å². The van der Waals surface area contributed by atoms with Crippen LogP contribution in [-0.4, -0.2) is 21.0 Å². The standard InChI is InChI=1S/C14H19N5/c1-9-2-4-10(5-3-9)18-14-17-8-11-12(19-14)6-7-16-13(11)15/h6-10H,2-5H2,1H3,(H2,15,16)(H,17,18,19). The highest BCUT2D eigenvalue weighted by atomic mass is 15.1. The summed E-state index contributed by atoms with van der Waals surface area (Å²) in [6.45, 7) is 2.32. The first-order valence-electron chi connectivity index (χ1n) is 6.86. The van der Waals surface area contributed by atoms with Gasteiger partial charge in [0.25, 0.3) is 0 Å². The van der Waals surface area contributed by atoms with Crippen LogP contribution in [0, 0.1) is 5.92 Å². The Balaban J connectivity index is 1.78. The Hall–Kier alpha value is -1.91. The molecule has 5 heteroatoms. The minimum atomic E-state index is 0.482. The molecule has 1 aliphatic rings. The van der Waals surface area contributed by atoms with E-state index in [-0.39, 0.29) is 0 Å². The highest BCUT2D eigenvalue weighted by Crippen LogP contribution is 2.25. The summed E-state index contributed by atoms with van der Waals surface area (Å²) in [5, 5.41) is 4.24. The van der Waals surface area contributed by atoms with Gasteiger partial charge in [-0.25, -0.2) is 15.0 Å². The Morgan fingerprint density at radius 2 is 2.00 bits per heavy atom. The first kappa shape index (κ1) is 12.1. The highest BCUT2D eigenvalue weighted by molar-refractivity contribution is 5.87. The van der Waals surface area contributed by atoms with Crippen molar-refractivity contribution in [2.24, 2.45) is 5.92 Å². The average molecular weight is 257 g/mol. The lowest BCUT2D eigenvalue weighted by Gasteiger charge is -2.26. The van der Waals surface area contributed by atoms with E-state index >= 15 is 0 Å². The fraction of sp³-hybridized carbons (Fsp3) is 0.500. The number of pyridine rings is 1. The molecule has 1 saturated carbocycles. The average Bonchev–Trinajstić information content (AvgIpc) is 2.42. The van der Waals surface area contributed by atoms with Crippen LogP contribution in [0.25, 0.3) is 10.9 Å². The lowest BCUT2D eigenvalue weighted by Crippen LogP contribution is -2.26. The van der Waals surface area contributed by atoms with Crippen molar-refractivity contribution in [2.45, 2.75) is 38.6 Å². The predicted octanol–water partition coefficient (Wildman–Crippen LogP) is 2.60. The summed E-state index contributed by atoms with van der Waals surface area (Å²) in [5.41, 5.74) is 6.64. The van der Waals surface area contributed by atoms with Crippen molar-refractivity contribution in [1.82, 2.24) is 15.0 Å². The zero-order chi connectivity index (χ0) is 13.2. The first-order valence-corrected chi connectivity index (χ1v) is 6.86. The fourth-order valence-corrected chi connectivity index (χ4v) is 2.63. The molecule has 3 N–H and O–H groups in total. The van der Waals surface area contributed by atoms with E-state index in [1.54, 1.807) is 12.4 Å². The van der Waals surface area contributed by atoms with Crippen molar-refractivity contribution in [3.05, 3.63) is 18.5 Å². The molecular weight excluding hydrogens is 238 g/mol. The first-order chi connectivity index (χ1) is 9.22. The Labute approximate surface area is 112 Å². The maximum Gasteiger partial charge on any atom is 0.223 e. The molecule has 0 aliphatic heterocycles. The molecule has 2 aromatic heterocycles. The summed E-state index contributed by atoms with van der Waals surface area (Å²) < 4.78 is 0. The molecule has 1 aliphatic carbocycles. The minimum Gasteiger partial charge on any atom is -0.383 e. The summed E-state index contributed by atoms with van der Waals surface area (Å²) in [7, 11) is 0. The molecule has 0 atom stereocenters. The molecule has 2 heterocycles. The largest absolute Gasteiger partial charge is 0.383 e. The van der Waals surface area contributed by atoms with Gasteiger partial charge in [-0.1, -0.05) is 6.92 Å². The molecule has 100 valence electrons. The fourth-order valence-electron chi connectivity index (χ4n) is 2.63. The molecule has 3 rings (SSSR count). The number of aromatic nitrogens is 3. The third kappa shape index (κ3) is 2.59. The number of hydrogen-bond donors (Lipinski definition) is 2. The lowest BCUT2D eigenvalue weighted by atomic mass is 9.87. The Kier molecular flexibility index (Phi) is 3.19. The monoisotopic (exact) mass is 257 g/mol. The van der Waals surface area contributed by atoms with Gasteiger partial charge in [-0.2, -0.15) is 0 Å². The van der Waals surface area contributed by atoms with Crippen LogP contribution >= 0.6 is 0 Å². The molecule has 5 nitrogen and oxygen atoms in total. The second kappa shape index (κ2) is 4.99. The van der Waals surface area contributed by atoms with Gasteiger partial charge >= 0.3 is 0 Å². The van der Waals surface area contributed by atoms with Gasteiger partial charge < -0.3 is 11.1 Å². The van der Waals surface area contributed by atoms with Crippen molar-refractivity contribution in [1.29, 1.82) is 0 Å². The number of nitrogens with zero attached hydrogens (tertiary/aromatic N) is 3. The molecule has 1 fully saturated rings. The van der Waals surface area contributed by atoms with E-state index in [0.29, 0.717) is 17.8 Å². The van der Waals surface area contributed by atoms with Gasteiger partial charge in [-0.3, -0.25) is 0 Å². The number of fused-ring (bicyclic) bond motifs is 1. The maximum absolute atomic E-state index is 5.79.